The summed E-state index contributed by atoms with van der Waals surface area (Å²) in [6, 6.07) is 4.74. The van der Waals surface area contributed by atoms with Gasteiger partial charge in [-0.3, -0.25) is 0 Å². The average Bonchev–Trinajstić information content (AvgIpc) is 3.17. The van der Waals surface area contributed by atoms with Crippen molar-refractivity contribution in [2.24, 2.45) is 17.8 Å². The molecule has 3 heterocycles. The molecule has 0 radical (unpaired) electrons. The first-order valence-electron chi connectivity index (χ1n) is 8.15. The number of benzene rings is 1. The van der Waals surface area contributed by atoms with E-state index in [0.717, 1.165) is 6.42 Å². The monoisotopic (exact) mass is 369 g/mol. The number of fused-ring (bicyclic) bond motifs is 5. The van der Waals surface area contributed by atoms with Gasteiger partial charge in [-0.05, 0) is 54.5 Å². The Morgan fingerprint density at radius 1 is 1.12 bits per heavy atom. The highest BCUT2D eigenvalue weighted by molar-refractivity contribution is 6.42. The van der Waals surface area contributed by atoms with Crippen LogP contribution >= 0.6 is 23.2 Å². The second kappa shape index (κ2) is 5.20. The summed E-state index contributed by atoms with van der Waals surface area (Å²) >= 11 is 11.9. The van der Waals surface area contributed by atoms with Crippen LogP contribution in [0.4, 0.5) is 14.5 Å². The summed E-state index contributed by atoms with van der Waals surface area (Å²) in [5, 5.41) is 0.692. The van der Waals surface area contributed by atoms with E-state index in [1.807, 2.05) is 0 Å². The van der Waals surface area contributed by atoms with E-state index in [2.05, 4.69) is 0 Å². The minimum atomic E-state index is -1.85. The molecule has 1 aliphatic carbocycles. The molecule has 4 aliphatic rings. The highest BCUT2D eigenvalue weighted by Gasteiger charge is 2.63. The van der Waals surface area contributed by atoms with Gasteiger partial charge in [0.2, 0.25) is 6.30 Å². The lowest BCUT2D eigenvalue weighted by Crippen LogP contribution is -2.33. The molecular formula is C18H15Cl2F2NO. The van der Waals surface area contributed by atoms with E-state index < -0.39 is 12.1 Å². The van der Waals surface area contributed by atoms with Crippen molar-refractivity contribution in [1.82, 2.24) is 0 Å². The third kappa shape index (κ3) is 2.09. The van der Waals surface area contributed by atoms with E-state index in [1.165, 1.54) is 17.4 Å². The van der Waals surface area contributed by atoms with Crippen LogP contribution in [0, 0.1) is 17.8 Å². The molecule has 3 aliphatic heterocycles. The number of halogens is 4. The van der Waals surface area contributed by atoms with Gasteiger partial charge in [-0.25, -0.2) is 8.78 Å². The maximum atomic E-state index is 14.8. The van der Waals surface area contributed by atoms with Gasteiger partial charge in [0.25, 0.3) is 0 Å². The SMILES string of the molecule is FC1=C([C@@H]2C[C@H]3O[C@H]2[C@H]2C[C@H]23)C=CN(c2ccc(Cl)c(Cl)c2)C1F. The van der Waals surface area contributed by atoms with Crippen molar-refractivity contribution in [3.8, 4) is 0 Å². The van der Waals surface area contributed by atoms with E-state index in [-0.39, 0.29) is 18.1 Å². The van der Waals surface area contributed by atoms with Crippen molar-refractivity contribution in [2.75, 3.05) is 4.90 Å². The largest absolute Gasteiger partial charge is 0.374 e. The third-order valence-electron chi connectivity index (χ3n) is 5.75. The highest BCUT2D eigenvalue weighted by atomic mass is 35.5. The topological polar surface area (TPSA) is 12.5 Å². The van der Waals surface area contributed by atoms with Crippen molar-refractivity contribution in [1.29, 1.82) is 0 Å². The molecule has 3 fully saturated rings. The van der Waals surface area contributed by atoms with Gasteiger partial charge in [-0.1, -0.05) is 23.2 Å². The Bertz CT molecular complexity index is 780. The summed E-state index contributed by atoms with van der Waals surface area (Å²) in [6.45, 7) is 0. The van der Waals surface area contributed by atoms with Crippen LogP contribution < -0.4 is 4.90 Å². The Kier molecular flexibility index (Phi) is 3.29. The molecule has 1 unspecified atom stereocenters. The molecule has 0 N–H and O–H groups in total. The molecule has 5 rings (SSSR count). The van der Waals surface area contributed by atoms with Crippen molar-refractivity contribution in [2.45, 2.75) is 31.3 Å². The minimum Gasteiger partial charge on any atom is -0.374 e. The Morgan fingerprint density at radius 3 is 2.67 bits per heavy atom. The van der Waals surface area contributed by atoms with Crippen LogP contribution in [-0.4, -0.2) is 18.5 Å². The van der Waals surface area contributed by atoms with Gasteiger partial charge in [0.1, 0.15) is 0 Å². The predicted octanol–water partition coefficient (Wildman–Crippen LogP) is 5.27. The summed E-state index contributed by atoms with van der Waals surface area (Å²) in [6.07, 6.45) is 3.70. The van der Waals surface area contributed by atoms with Crippen LogP contribution in [-0.2, 0) is 4.74 Å². The summed E-state index contributed by atoms with van der Waals surface area (Å²) in [5.41, 5.74) is 0.922. The number of rotatable bonds is 2. The maximum absolute atomic E-state index is 14.8. The van der Waals surface area contributed by atoms with Crippen LogP contribution in [0.1, 0.15) is 12.8 Å². The van der Waals surface area contributed by atoms with Gasteiger partial charge < -0.3 is 9.64 Å². The summed E-state index contributed by atoms with van der Waals surface area (Å²) in [5.74, 6) is 0.469. The minimum absolute atomic E-state index is 0.0239. The Labute approximate surface area is 148 Å². The van der Waals surface area contributed by atoms with Gasteiger partial charge in [-0.2, -0.15) is 0 Å². The molecule has 6 atom stereocenters. The molecular weight excluding hydrogens is 355 g/mol. The maximum Gasteiger partial charge on any atom is 0.228 e. The fourth-order valence-electron chi connectivity index (χ4n) is 4.50. The molecule has 24 heavy (non-hydrogen) atoms. The number of anilines is 1. The first-order chi connectivity index (χ1) is 11.5. The molecule has 1 saturated carbocycles. The number of alkyl halides is 1. The zero-order valence-corrected chi connectivity index (χ0v) is 14.1. The lowest BCUT2D eigenvalue weighted by Gasteiger charge is -2.31. The molecule has 6 heteroatoms. The van der Waals surface area contributed by atoms with Crippen molar-refractivity contribution < 1.29 is 13.5 Å². The first kappa shape index (κ1) is 15.2. The fourth-order valence-corrected chi connectivity index (χ4v) is 4.79. The lowest BCUT2D eigenvalue weighted by molar-refractivity contribution is 0.0647. The number of nitrogens with zero attached hydrogens (tertiary/aromatic N) is 1. The van der Waals surface area contributed by atoms with E-state index in [4.69, 9.17) is 27.9 Å². The normalized spacial score (nSPS) is 39.6. The van der Waals surface area contributed by atoms with E-state index in [0.29, 0.717) is 33.1 Å². The summed E-state index contributed by atoms with van der Waals surface area (Å²) in [7, 11) is 0. The van der Waals surface area contributed by atoms with Crippen LogP contribution in [0.3, 0.4) is 0 Å². The van der Waals surface area contributed by atoms with Crippen LogP contribution in [0.2, 0.25) is 10.0 Å². The van der Waals surface area contributed by atoms with E-state index >= 15 is 0 Å². The first-order valence-corrected chi connectivity index (χ1v) is 8.91. The Hall–Kier alpha value is -1.10. The predicted molar refractivity (Wildman–Crippen MR) is 89.5 cm³/mol. The highest BCUT2D eigenvalue weighted by Crippen LogP contribution is 2.62. The number of hydrogen-bond acceptors (Lipinski definition) is 2. The van der Waals surface area contributed by atoms with Gasteiger partial charge in [0, 0.05) is 17.8 Å². The molecule has 0 amide bonds. The Balaban J connectivity index is 1.43. The standard InChI is InChI=1S/C18H15Cl2F2NO/c19-13-2-1-8(5-14(13)20)23-4-3-9(16(21)18(23)22)12-7-15-10-6-11(10)17(12)24-15/h1-5,10-12,15,17-18H,6-7H2/t10-,11+,12+,15-,17+,18?/m1/s1. The average molecular weight is 370 g/mol. The molecule has 1 aromatic carbocycles. The van der Waals surface area contributed by atoms with Crippen molar-refractivity contribution >= 4 is 28.9 Å². The Morgan fingerprint density at radius 2 is 1.96 bits per heavy atom. The van der Waals surface area contributed by atoms with Crippen molar-refractivity contribution in [3.63, 3.8) is 0 Å². The smallest absolute Gasteiger partial charge is 0.228 e. The molecule has 2 bridgehead atoms. The van der Waals surface area contributed by atoms with Crippen LogP contribution in [0.5, 0.6) is 0 Å². The second-order valence-electron chi connectivity index (χ2n) is 7.01. The molecule has 0 spiro atoms. The third-order valence-corrected chi connectivity index (χ3v) is 6.49. The molecule has 0 aromatic heterocycles. The van der Waals surface area contributed by atoms with Gasteiger partial charge in [-0.15, -0.1) is 0 Å². The van der Waals surface area contributed by atoms with E-state index in [9.17, 15) is 8.78 Å². The van der Waals surface area contributed by atoms with Crippen LogP contribution in [0.25, 0.3) is 0 Å². The lowest BCUT2D eigenvalue weighted by atomic mass is 9.82. The number of ether oxygens (including phenoxy) is 1. The fraction of sp³-hybridized carbons (Fsp3) is 0.444. The zero-order chi connectivity index (χ0) is 16.6. The summed E-state index contributed by atoms with van der Waals surface area (Å²) < 4.78 is 35.4. The molecule has 126 valence electrons. The second-order valence-corrected chi connectivity index (χ2v) is 7.82. The van der Waals surface area contributed by atoms with E-state index in [1.54, 1.807) is 24.4 Å². The zero-order valence-electron chi connectivity index (χ0n) is 12.6. The number of allylic oxidation sites excluding steroid dienone is 1. The van der Waals surface area contributed by atoms with Gasteiger partial charge in [0.15, 0.2) is 5.83 Å². The quantitative estimate of drug-likeness (QED) is 0.658. The van der Waals surface area contributed by atoms with Gasteiger partial charge >= 0.3 is 0 Å². The van der Waals surface area contributed by atoms with Gasteiger partial charge in [0.05, 0.1) is 22.3 Å². The van der Waals surface area contributed by atoms with Crippen molar-refractivity contribution in [3.05, 3.63) is 51.9 Å². The molecule has 2 saturated heterocycles. The summed E-state index contributed by atoms with van der Waals surface area (Å²) in [4.78, 5) is 1.23. The molecule has 2 nitrogen and oxygen atoms in total. The van der Waals surface area contributed by atoms with Crippen LogP contribution in [0.15, 0.2) is 41.9 Å². The molecule has 1 aromatic rings. The number of hydrogen-bond donors (Lipinski definition) is 0.